The van der Waals surface area contributed by atoms with Gasteiger partial charge in [0.05, 0.1) is 34.5 Å². The number of likely N-dealkylation sites (tertiary alicyclic amines) is 1. The molecule has 10 heteroatoms. The highest BCUT2D eigenvalue weighted by atomic mass is 16.6. The summed E-state index contributed by atoms with van der Waals surface area (Å²) < 4.78 is 11.4. The van der Waals surface area contributed by atoms with Crippen molar-refractivity contribution in [3.8, 4) is 0 Å². The first-order valence-electron chi connectivity index (χ1n) is 14.2. The van der Waals surface area contributed by atoms with Crippen molar-refractivity contribution in [2.24, 2.45) is 0 Å². The molecule has 2 aliphatic heterocycles. The molecule has 1 fully saturated rings. The number of nitro groups is 1. The first-order chi connectivity index (χ1) is 20.6. The van der Waals surface area contributed by atoms with E-state index in [9.17, 15) is 20.0 Å². The monoisotopic (exact) mass is 582 g/mol. The Morgan fingerprint density at radius 1 is 1.00 bits per heavy atom. The number of quaternary nitrogens is 1. The third-order valence-corrected chi connectivity index (χ3v) is 7.60. The molecule has 1 unspecified atom stereocenters. The van der Waals surface area contributed by atoms with Gasteiger partial charge in [0, 0.05) is 38.2 Å². The van der Waals surface area contributed by atoms with Crippen LogP contribution < -0.4 is 10.4 Å². The van der Waals surface area contributed by atoms with Crippen molar-refractivity contribution in [3.63, 3.8) is 0 Å². The minimum absolute atomic E-state index is 0.0214. The Hall–Kier alpha value is -4.80. The van der Waals surface area contributed by atoms with Crippen LogP contribution in [0.3, 0.4) is 0 Å². The molecule has 0 saturated carbocycles. The lowest BCUT2D eigenvalue weighted by Crippen LogP contribution is -2.88. The van der Waals surface area contributed by atoms with Gasteiger partial charge in [0.2, 0.25) is 5.84 Å². The minimum atomic E-state index is -1.06. The van der Waals surface area contributed by atoms with Crippen LogP contribution in [0.4, 0.5) is 5.69 Å². The van der Waals surface area contributed by atoms with Gasteiger partial charge in [0.15, 0.2) is 0 Å². The second-order valence-electron chi connectivity index (χ2n) is 11.0. The summed E-state index contributed by atoms with van der Waals surface area (Å²) in [6.45, 7) is 6.04. The maximum Gasteiger partial charge on any atom is 0.340 e. The van der Waals surface area contributed by atoms with Crippen LogP contribution in [0.5, 0.6) is 0 Å². The summed E-state index contributed by atoms with van der Waals surface area (Å²) >= 11 is 0. The SMILES string of the molecule is CC1=C(C(=O)OC(C)C)C(c2cccc([N+](=O)[O-])c2)C(=C([O-])OC2CN(C(c3ccccc3)c3ccccc3)C2)C(=N)[NH2+]1. The largest absolute Gasteiger partial charge is 0.607 e. The highest BCUT2D eigenvalue weighted by molar-refractivity contribution is 6.00. The smallest absolute Gasteiger partial charge is 0.340 e. The Bertz CT molecular complexity index is 1540. The van der Waals surface area contributed by atoms with Gasteiger partial charge in [-0.25, -0.2) is 4.79 Å². The predicted molar refractivity (Wildman–Crippen MR) is 158 cm³/mol. The number of nitro benzene ring substituents is 1. The van der Waals surface area contributed by atoms with Crippen LogP contribution in [0.2, 0.25) is 0 Å². The fraction of sp³-hybridized carbons (Fsp3) is 0.273. The zero-order valence-corrected chi connectivity index (χ0v) is 24.2. The first-order valence-corrected chi connectivity index (χ1v) is 14.2. The van der Waals surface area contributed by atoms with E-state index in [2.05, 4.69) is 29.2 Å². The molecule has 10 nitrogen and oxygen atoms in total. The molecule has 0 aliphatic carbocycles. The Labute approximate surface area is 249 Å². The summed E-state index contributed by atoms with van der Waals surface area (Å²) in [5.74, 6) is -2.56. The van der Waals surface area contributed by atoms with Crippen molar-refractivity contribution in [3.05, 3.63) is 135 Å². The van der Waals surface area contributed by atoms with Gasteiger partial charge in [-0.3, -0.25) is 25.7 Å². The maximum absolute atomic E-state index is 13.8. The number of hydrogen-bond donors (Lipinski definition) is 2. The van der Waals surface area contributed by atoms with E-state index < -0.39 is 35.0 Å². The minimum Gasteiger partial charge on any atom is -0.607 e. The lowest BCUT2D eigenvalue weighted by molar-refractivity contribution is -0.488. The van der Waals surface area contributed by atoms with Gasteiger partial charge < -0.3 is 14.6 Å². The molecule has 0 aromatic heterocycles. The van der Waals surface area contributed by atoms with E-state index in [0.29, 0.717) is 24.4 Å². The number of esters is 1. The number of nitrogens with one attached hydrogen (secondary N) is 1. The summed E-state index contributed by atoms with van der Waals surface area (Å²) in [6, 6.07) is 26.0. The van der Waals surface area contributed by atoms with Crippen LogP contribution in [-0.2, 0) is 14.3 Å². The Kier molecular flexibility index (Phi) is 8.70. The van der Waals surface area contributed by atoms with E-state index in [1.54, 1.807) is 26.8 Å². The second-order valence-corrected chi connectivity index (χ2v) is 11.0. The fourth-order valence-corrected chi connectivity index (χ4v) is 5.69. The number of benzene rings is 3. The third-order valence-electron chi connectivity index (χ3n) is 7.60. The van der Waals surface area contributed by atoms with Crippen molar-refractivity contribution >= 4 is 17.5 Å². The number of carbonyl (C=O) groups is 1. The molecule has 0 radical (unpaired) electrons. The molecule has 0 spiro atoms. The molecule has 3 aromatic carbocycles. The van der Waals surface area contributed by atoms with E-state index in [-0.39, 0.29) is 28.7 Å². The molecule has 0 bridgehead atoms. The van der Waals surface area contributed by atoms with E-state index in [4.69, 9.17) is 14.9 Å². The summed E-state index contributed by atoms with van der Waals surface area (Å²) in [5.41, 5.74) is 2.93. The molecule has 0 amide bonds. The molecule has 5 rings (SSSR count). The molecule has 3 N–H and O–H groups in total. The van der Waals surface area contributed by atoms with Gasteiger partial charge in [-0.15, -0.1) is 0 Å². The van der Waals surface area contributed by atoms with Crippen molar-refractivity contribution in [1.82, 2.24) is 4.90 Å². The number of rotatable bonds is 9. The average Bonchev–Trinajstić information content (AvgIpc) is 2.96. The zero-order valence-electron chi connectivity index (χ0n) is 24.2. The summed E-state index contributed by atoms with van der Waals surface area (Å²) in [5, 5.41) is 35.5. The number of non-ortho nitro benzene ring substituents is 1. The number of hydrogen-bond acceptors (Lipinski definition) is 8. The molecule has 3 aromatic rings. The van der Waals surface area contributed by atoms with Crippen molar-refractivity contribution in [2.75, 3.05) is 13.1 Å². The highest BCUT2D eigenvalue weighted by Gasteiger charge is 2.41. The quantitative estimate of drug-likeness (QED) is 0.170. The Morgan fingerprint density at radius 3 is 2.16 bits per heavy atom. The Morgan fingerprint density at radius 2 is 1.60 bits per heavy atom. The summed E-state index contributed by atoms with van der Waals surface area (Å²) in [7, 11) is 0. The van der Waals surface area contributed by atoms with Crippen molar-refractivity contribution < 1.29 is 29.6 Å². The van der Waals surface area contributed by atoms with Gasteiger partial charge >= 0.3 is 5.97 Å². The van der Waals surface area contributed by atoms with Crippen LogP contribution >= 0.6 is 0 Å². The lowest BCUT2D eigenvalue weighted by atomic mass is 9.80. The number of carbonyl (C=O) groups excluding carboxylic acids is 1. The van der Waals surface area contributed by atoms with E-state index in [0.717, 1.165) is 11.1 Å². The van der Waals surface area contributed by atoms with Crippen molar-refractivity contribution in [1.29, 1.82) is 5.41 Å². The van der Waals surface area contributed by atoms with Crippen LogP contribution in [0.1, 0.15) is 49.4 Å². The van der Waals surface area contributed by atoms with E-state index >= 15 is 0 Å². The molecule has 2 heterocycles. The molecule has 1 saturated heterocycles. The summed E-state index contributed by atoms with van der Waals surface area (Å²) in [4.78, 5) is 26.6. The third kappa shape index (κ3) is 6.35. The average molecular weight is 583 g/mol. The van der Waals surface area contributed by atoms with Crippen LogP contribution in [0.25, 0.3) is 0 Å². The highest BCUT2D eigenvalue weighted by Crippen LogP contribution is 2.39. The normalized spacial score (nSPS) is 18.9. The molecular weight excluding hydrogens is 548 g/mol. The topological polar surface area (TPSA) is 145 Å². The molecule has 43 heavy (non-hydrogen) atoms. The van der Waals surface area contributed by atoms with Crippen LogP contribution in [-0.4, -0.2) is 46.9 Å². The van der Waals surface area contributed by atoms with Crippen molar-refractivity contribution in [2.45, 2.75) is 44.9 Å². The van der Waals surface area contributed by atoms with Crippen LogP contribution in [0.15, 0.2) is 108 Å². The van der Waals surface area contributed by atoms with Gasteiger partial charge in [-0.05, 0) is 30.5 Å². The van der Waals surface area contributed by atoms with Crippen LogP contribution in [0, 0.1) is 15.5 Å². The van der Waals surface area contributed by atoms with Gasteiger partial charge in [-0.1, -0.05) is 72.8 Å². The van der Waals surface area contributed by atoms with Gasteiger partial charge in [-0.2, -0.15) is 0 Å². The fourth-order valence-electron chi connectivity index (χ4n) is 5.69. The molecule has 222 valence electrons. The Balaban J connectivity index is 1.46. The van der Waals surface area contributed by atoms with Gasteiger partial charge in [0.25, 0.3) is 5.69 Å². The number of nitrogens with zero attached hydrogens (tertiary/aromatic N) is 2. The van der Waals surface area contributed by atoms with E-state index in [1.807, 2.05) is 36.4 Å². The standard InChI is InChI=1S/C33H34N4O6/c1-20(2)42-32(38)27-21(3)35-31(34)29(28(27)24-15-10-16-25(17-24)37(40)41)33(39)43-26-18-36(19-26)30(22-11-6-4-7-12-22)23-13-8-5-9-14-23/h4-17,20,26,28,30,39H,18-19H2,1-3H3,(H2,34,35). The maximum atomic E-state index is 13.8. The number of ether oxygens (including phenoxy) is 2. The number of amidine groups is 1. The molecular formula is C33H34N4O6. The predicted octanol–water partition coefficient (Wildman–Crippen LogP) is 3.52. The van der Waals surface area contributed by atoms with Gasteiger partial charge in [0.1, 0.15) is 11.3 Å². The molecule has 2 aliphatic rings. The second kappa shape index (κ2) is 12.6. The number of nitrogens with two attached hydrogens (primary N) is 1. The number of allylic oxidation sites excluding steroid dienone is 1. The van der Waals surface area contributed by atoms with E-state index in [1.165, 1.54) is 23.5 Å². The summed E-state index contributed by atoms with van der Waals surface area (Å²) in [6.07, 6.45) is -0.870. The molecule has 1 atom stereocenters. The lowest BCUT2D eigenvalue weighted by Gasteiger charge is -2.48. The first kappa shape index (κ1) is 29.7. The zero-order chi connectivity index (χ0) is 30.7.